The molecule has 0 radical (unpaired) electrons. The molecule has 0 unspecified atom stereocenters. The van der Waals surface area contributed by atoms with E-state index in [1.165, 1.54) is 0 Å². The molecule has 0 atom stereocenters. The molecule has 0 aliphatic carbocycles. The summed E-state index contributed by atoms with van der Waals surface area (Å²) in [5.41, 5.74) is 0.508. The lowest BCUT2D eigenvalue weighted by Crippen LogP contribution is -1.99. The molecule has 0 saturated heterocycles. The maximum atomic E-state index is 12.7. The lowest BCUT2D eigenvalue weighted by molar-refractivity contribution is 0.0647. The third-order valence-corrected chi connectivity index (χ3v) is 3.33. The van der Waals surface area contributed by atoms with Gasteiger partial charge in [0.15, 0.2) is 5.69 Å². The van der Waals surface area contributed by atoms with Crippen LogP contribution in [0.1, 0.15) is 28.2 Å². The second-order valence-corrected chi connectivity index (χ2v) is 4.66. The highest BCUT2D eigenvalue weighted by molar-refractivity contribution is 9.10. The molecule has 19 heavy (non-hydrogen) atoms. The number of aryl methyl sites for hydroxylation is 1. The van der Waals surface area contributed by atoms with Gasteiger partial charge < -0.3 is 9.52 Å². The maximum absolute atomic E-state index is 12.7. The first kappa shape index (κ1) is 13.7. The van der Waals surface area contributed by atoms with Gasteiger partial charge in [-0.1, -0.05) is 22.0 Å². The van der Waals surface area contributed by atoms with Gasteiger partial charge in [-0.25, -0.2) is 18.6 Å². The van der Waals surface area contributed by atoms with Gasteiger partial charge in [-0.15, -0.1) is 0 Å². The van der Waals surface area contributed by atoms with Crippen molar-refractivity contribution in [2.75, 3.05) is 0 Å². The second kappa shape index (κ2) is 5.08. The topological polar surface area (TPSA) is 63.3 Å². The normalized spacial score (nSPS) is 11.0. The van der Waals surface area contributed by atoms with E-state index in [9.17, 15) is 13.6 Å². The van der Waals surface area contributed by atoms with E-state index in [4.69, 9.17) is 9.52 Å². The number of oxazole rings is 1. The second-order valence-electron chi connectivity index (χ2n) is 3.80. The number of carboxylic acid groups (broad SMARTS) is 1. The van der Waals surface area contributed by atoms with Crippen LogP contribution in [0.15, 0.2) is 27.1 Å². The summed E-state index contributed by atoms with van der Waals surface area (Å²) < 4.78 is 31.0. The largest absolute Gasteiger partial charge is 0.475 e. The Labute approximate surface area is 115 Å². The molecule has 1 heterocycles. The predicted molar refractivity (Wildman–Crippen MR) is 66.3 cm³/mol. The van der Waals surface area contributed by atoms with E-state index < -0.39 is 23.8 Å². The zero-order chi connectivity index (χ0) is 14.2. The highest BCUT2D eigenvalue weighted by atomic mass is 79.9. The van der Waals surface area contributed by atoms with Crippen LogP contribution >= 0.6 is 15.9 Å². The molecule has 7 heteroatoms. The molecule has 4 nitrogen and oxygen atoms in total. The molecule has 1 N–H and O–H groups in total. The summed E-state index contributed by atoms with van der Waals surface area (Å²) in [5, 5.41) is 8.80. The molecule has 1 aromatic heterocycles. The molecule has 2 rings (SSSR count). The summed E-state index contributed by atoms with van der Waals surface area (Å²) in [7, 11) is 0. The fraction of sp³-hybridized carbons (Fsp3) is 0.167. The first-order valence-electron chi connectivity index (χ1n) is 5.19. The van der Waals surface area contributed by atoms with Crippen LogP contribution in [0.5, 0.6) is 0 Å². The molecule has 0 aliphatic rings. The Hall–Kier alpha value is -1.76. The molecule has 0 saturated carbocycles. The van der Waals surface area contributed by atoms with Crippen molar-refractivity contribution in [3.8, 4) is 11.5 Å². The lowest BCUT2D eigenvalue weighted by atomic mass is 10.1. The minimum absolute atomic E-state index is 0.145. The molecule has 0 aliphatic heterocycles. The summed E-state index contributed by atoms with van der Waals surface area (Å²) in [6.45, 7) is 1.86. The highest BCUT2D eigenvalue weighted by Gasteiger charge is 2.26. The van der Waals surface area contributed by atoms with Crippen LogP contribution in [-0.4, -0.2) is 16.1 Å². The van der Waals surface area contributed by atoms with Crippen molar-refractivity contribution in [2.45, 2.75) is 13.3 Å². The van der Waals surface area contributed by atoms with Crippen LogP contribution in [0.25, 0.3) is 11.5 Å². The van der Waals surface area contributed by atoms with Crippen LogP contribution in [-0.2, 0) is 0 Å². The van der Waals surface area contributed by atoms with Crippen LogP contribution in [0, 0.1) is 6.92 Å². The average Bonchev–Trinajstić information content (AvgIpc) is 2.78. The Bertz CT molecular complexity index is 640. The number of nitrogens with zero attached hydrogens (tertiary/aromatic N) is 1. The summed E-state index contributed by atoms with van der Waals surface area (Å²) in [4.78, 5) is 14.4. The van der Waals surface area contributed by atoms with Gasteiger partial charge in [0.2, 0.25) is 11.7 Å². The standard InChI is InChI=1S/C12H8BrF2NO3/c1-5-2-3-6(4-7(5)13)11-16-8(10(14)15)9(19-11)12(17)18/h2-4,10H,1H3,(H,17,18). The van der Waals surface area contributed by atoms with Crippen LogP contribution in [0.4, 0.5) is 8.78 Å². The lowest BCUT2D eigenvalue weighted by Gasteiger charge is -1.99. The van der Waals surface area contributed by atoms with Gasteiger partial charge in [0.05, 0.1) is 0 Å². The molecule has 0 fully saturated rings. The maximum Gasteiger partial charge on any atom is 0.374 e. The molecule has 0 bridgehead atoms. The number of aromatic nitrogens is 1. The van der Waals surface area contributed by atoms with Crippen molar-refractivity contribution in [2.24, 2.45) is 0 Å². The van der Waals surface area contributed by atoms with E-state index in [-0.39, 0.29) is 5.89 Å². The fourth-order valence-electron chi connectivity index (χ4n) is 1.48. The average molecular weight is 332 g/mol. The monoisotopic (exact) mass is 331 g/mol. The molecular weight excluding hydrogens is 324 g/mol. The number of halogens is 3. The zero-order valence-electron chi connectivity index (χ0n) is 9.65. The van der Waals surface area contributed by atoms with E-state index in [2.05, 4.69) is 20.9 Å². The van der Waals surface area contributed by atoms with E-state index >= 15 is 0 Å². The number of benzene rings is 1. The Morgan fingerprint density at radius 1 is 1.47 bits per heavy atom. The smallest absolute Gasteiger partial charge is 0.374 e. The van der Waals surface area contributed by atoms with Crippen molar-refractivity contribution < 1.29 is 23.1 Å². The van der Waals surface area contributed by atoms with Gasteiger partial charge in [0.1, 0.15) is 0 Å². The van der Waals surface area contributed by atoms with Gasteiger partial charge in [-0.2, -0.15) is 0 Å². The van der Waals surface area contributed by atoms with Gasteiger partial charge in [-0.05, 0) is 24.6 Å². The number of rotatable bonds is 3. The Balaban J connectivity index is 2.54. The molecular formula is C12H8BrF2NO3. The van der Waals surface area contributed by atoms with Gasteiger partial charge in [0.25, 0.3) is 6.43 Å². The molecule has 1 aromatic carbocycles. The van der Waals surface area contributed by atoms with Crippen molar-refractivity contribution in [3.05, 3.63) is 39.7 Å². The summed E-state index contributed by atoms with van der Waals surface area (Å²) >= 11 is 3.29. The van der Waals surface area contributed by atoms with E-state index in [1.807, 2.05) is 6.92 Å². The van der Waals surface area contributed by atoms with Crippen molar-refractivity contribution in [1.82, 2.24) is 4.98 Å². The van der Waals surface area contributed by atoms with Crippen molar-refractivity contribution in [3.63, 3.8) is 0 Å². The van der Waals surface area contributed by atoms with Gasteiger partial charge in [-0.3, -0.25) is 0 Å². The van der Waals surface area contributed by atoms with Gasteiger partial charge in [0, 0.05) is 10.0 Å². The van der Waals surface area contributed by atoms with E-state index in [1.54, 1.807) is 18.2 Å². The number of alkyl halides is 2. The minimum Gasteiger partial charge on any atom is -0.475 e. The number of aromatic carboxylic acids is 1. The quantitative estimate of drug-likeness (QED) is 0.921. The third kappa shape index (κ3) is 2.65. The van der Waals surface area contributed by atoms with Gasteiger partial charge >= 0.3 is 5.97 Å². The Morgan fingerprint density at radius 2 is 2.16 bits per heavy atom. The SMILES string of the molecule is Cc1ccc(-c2nc(C(F)F)c(C(=O)O)o2)cc1Br. The predicted octanol–water partition coefficient (Wildman–Crippen LogP) is 4.05. The number of carbonyl (C=O) groups is 1. The third-order valence-electron chi connectivity index (χ3n) is 2.47. The molecule has 2 aromatic rings. The summed E-state index contributed by atoms with van der Waals surface area (Å²) in [6.07, 6.45) is -3.00. The molecule has 100 valence electrons. The van der Waals surface area contributed by atoms with E-state index in [0.29, 0.717) is 5.56 Å². The van der Waals surface area contributed by atoms with E-state index in [0.717, 1.165) is 10.0 Å². The fourth-order valence-corrected chi connectivity index (χ4v) is 1.86. The first-order chi connectivity index (χ1) is 8.90. The molecule has 0 spiro atoms. The summed E-state index contributed by atoms with van der Waals surface area (Å²) in [6, 6.07) is 4.99. The molecule has 0 amide bonds. The highest BCUT2D eigenvalue weighted by Crippen LogP contribution is 2.30. The Morgan fingerprint density at radius 3 is 2.63 bits per heavy atom. The minimum atomic E-state index is -3.00. The number of hydrogen-bond donors (Lipinski definition) is 1. The number of hydrogen-bond acceptors (Lipinski definition) is 3. The van der Waals surface area contributed by atoms with Crippen LogP contribution in [0.3, 0.4) is 0 Å². The van der Waals surface area contributed by atoms with Crippen molar-refractivity contribution in [1.29, 1.82) is 0 Å². The zero-order valence-corrected chi connectivity index (χ0v) is 11.2. The van der Waals surface area contributed by atoms with Crippen LogP contribution < -0.4 is 0 Å². The van der Waals surface area contributed by atoms with Crippen LogP contribution in [0.2, 0.25) is 0 Å². The Kier molecular flexibility index (Phi) is 3.66. The number of carboxylic acids is 1. The van der Waals surface area contributed by atoms with Crippen molar-refractivity contribution >= 4 is 21.9 Å². The summed E-state index contributed by atoms with van der Waals surface area (Å²) in [5.74, 6) is -2.55. The first-order valence-corrected chi connectivity index (χ1v) is 5.98.